The fraction of sp³-hybridized carbons (Fsp3) is 0.273. The third-order valence-electron chi connectivity index (χ3n) is 2.31. The second-order valence-electron chi connectivity index (χ2n) is 3.66. The molecule has 1 aromatic carbocycles. The molecule has 1 aliphatic heterocycles. The Labute approximate surface area is 91.6 Å². The quantitative estimate of drug-likeness (QED) is 0.527. The van der Waals surface area contributed by atoms with Crippen molar-refractivity contribution in [1.82, 2.24) is 0 Å². The van der Waals surface area contributed by atoms with Gasteiger partial charge in [-0.25, -0.2) is 14.0 Å². The SMILES string of the molecule is Cc1ccc(F)c(N2CC(=O)OC(=O)C2)c1. The number of cyclic esters (lactones) is 2. The summed E-state index contributed by atoms with van der Waals surface area (Å²) in [7, 11) is 0. The second kappa shape index (κ2) is 3.92. The molecular weight excluding hydrogens is 213 g/mol. The maximum absolute atomic E-state index is 13.5. The van der Waals surface area contributed by atoms with Crippen molar-refractivity contribution >= 4 is 17.6 Å². The molecule has 0 radical (unpaired) electrons. The average molecular weight is 223 g/mol. The van der Waals surface area contributed by atoms with Crippen molar-refractivity contribution in [2.75, 3.05) is 18.0 Å². The molecular formula is C11H10FNO3. The Kier molecular flexibility index (Phi) is 2.60. The summed E-state index contributed by atoms with van der Waals surface area (Å²) in [5, 5.41) is 0. The van der Waals surface area contributed by atoms with Gasteiger partial charge in [0.05, 0.1) is 5.69 Å². The van der Waals surface area contributed by atoms with Crippen molar-refractivity contribution in [3.8, 4) is 0 Å². The second-order valence-corrected chi connectivity index (χ2v) is 3.66. The molecule has 0 atom stereocenters. The first-order valence-electron chi connectivity index (χ1n) is 4.81. The van der Waals surface area contributed by atoms with Crippen molar-refractivity contribution in [2.24, 2.45) is 0 Å². The lowest BCUT2D eigenvalue weighted by molar-refractivity contribution is -0.160. The van der Waals surface area contributed by atoms with Crippen LogP contribution in [0.1, 0.15) is 5.56 Å². The number of hydrogen-bond acceptors (Lipinski definition) is 4. The number of morpholine rings is 1. The highest BCUT2D eigenvalue weighted by Gasteiger charge is 2.26. The van der Waals surface area contributed by atoms with Crippen molar-refractivity contribution in [2.45, 2.75) is 6.92 Å². The highest BCUT2D eigenvalue weighted by molar-refractivity contribution is 5.94. The molecule has 1 aromatic rings. The van der Waals surface area contributed by atoms with E-state index in [-0.39, 0.29) is 18.8 Å². The van der Waals surface area contributed by atoms with Crippen molar-refractivity contribution in [3.05, 3.63) is 29.6 Å². The van der Waals surface area contributed by atoms with E-state index in [0.29, 0.717) is 0 Å². The van der Waals surface area contributed by atoms with E-state index in [4.69, 9.17) is 0 Å². The number of anilines is 1. The molecule has 1 fully saturated rings. The van der Waals surface area contributed by atoms with Gasteiger partial charge >= 0.3 is 11.9 Å². The minimum absolute atomic E-state index is 0.105. The van der Waals surface area contributed by atoms with Gasteiger partial charge < -0.3 is 9.64 Å². The maximum Gasteiger partial charge on any atom is 0.333 e. The Balaban J connectivity index is 2.32. The van der Waals surface area contributed by atoms with E-state index in [2.05, 4.69) is 4.74 Å². The smallest absolute Gasteiger partial charge is 0.333 e. The number of hydrogen-bond donors (Lipinski definition) is 0. The zero-order valence-electron chi connectivity index (χ0n) is 8.70. The minimum atomic E-state index is -0.655. The van der Waals surface area contributed by atoms with E-state index in [1.165, 1.54) is 11.0 Å². The Morgan fingerprint density at radius 1 is 1.25 bits per heavy atom. The number of carbonyl (C=O) groups is 2. The third kappa shape index (κ3) is 2.03. The molecule has 5 heteroatoms. The topological polar surface area (TPSA) is 46.6 Å². The monoisotopic (exact) mass is 223 g/mol. The Morgan fingerprint density at radius 2 is 1.88 bits per heavy atom. The molecule has 0 spiro atoms. The first-order chi connectivity index (χ1) is 7.56. The van der Waals surface area contributed by atoms with Crippen LogP contribution in [0.15, 0.2) is 18.2 Å². The molecule has 84 valence electrons. The first kappa shape index (κ1) is 10.6. The van der Waals surface area contributed by atoms with Gasteiger partial charge in [0.2, 0.25) is 0 Å². The van der Waals surface area contributed by atoms with E-state index < -0.39 is 17.8 Å². The van der Waals surface area contributed by atoms with Crippen LogP contribution < -0.4 is 4.90 Å². The lowest BCUT2D eigenvalue weighted by Crippen LogP contribution is -2.43. The van der Waals surface area contributed by atoms with Crippen molar-refractivity contribution in [1.29, 1.82) is 0 Å². The predicted molar refractivity (Wildman–Crippen MR) is 54.4 cm³/mol. The normalized spacial score (nSPS) is 16.2. The molecule has 1 aliphatic rings. The van der Waals surface area contributed by atoms with E-state index in [1.54, 1.807) is 12.1 Å². The van der Waals surface area contributed by atoms with E-state index in [1.807, 2.05) is 6.92 Å². The molecule has 0 bridgehead atoms. The number of halogens is 1. The van der Waals surface area contributed by atoms with Gasteiger partial charge in [-0.05, 0) is 24.6 Å². The zero-order valence-corrected chi connectivity index (χ0v) is 8.70. The number of esters is 2. The fourth-order valence-electron chi connectivity index (χ4n) is 1.59. The number of ether oxygens (including phenoxy) is 1. The standard InChI is InChI=1S/C11H10FNO3/c1-7-2-3-8(12)9(4-7)13-5-10(14)16-11(15)6-13/h2-4H,5-6H2,1H3. The Hall–Kier alpha value is -1.91. The van der Waals surface area contributed by atoms with E-state index >= 15 is 0 Å². The number of benzene rings is 1. The molecule has 4 nitrogen and oxygen atoms in total. The van der Waals surface area contributed by atoms with Gasteiger partial charge in [-0.3, -0.25) is 0 Å². The number of nitrogens with zero attached hydrogens (tertiary/aromatic N) is 1. The Bertz CT molecular complexity index is 443. The summed E-state index contributed by atoms with van der Waals surface area (Å²) in [6.07, 6.45) is 0. The van der Waals surface area contributed by atoms with E-state index in [9.17, 15) is 14.0 Å². The molecule has 0 amide bonds. The molecule has 0 aromatic heterocycles. The van der Waals surface area contributed by atoms with Crippen LogP contribution in [0.5, 0.6) is 0 Å². The highest BCUT2D eigenvalue weighted by atomic mass is 19.1. The molecule has 0 N–H and O–H groups in total. The van der Waals surface area contributed by atoms with Crippen LogP contribution in [0.3, 0.4) is 0 Å². The van der Waals surface area contributed by atoms with Crippen LogP contribution in [0, 0.1) is 12.7 Å². The summed E-state index contributed by atoms with van der Waals surface area (Å²) in [6.45, 7) is 1.60. The Morgan fingerprint density at radius 3 is 2.50 bits per heavy atom. The molecule has 0 unspecified atom stereocenters. The highest BCUT2D eigenvalue weighted by Crippen LogP contribution is 2.22. The zero-order chi connectivity index (χ0) is 11.7. The molecule has 0 saturated carbocycles. The first-order valence-corrected chi connectivity index (χ1v) is 4.81. The summed E-state index contributed by atoms with van der Waals surface area (Å²) in [5.41, 5.74) is 1.12. The summed E-state index contributed by atoms with van der Waals surface area (Å²) < 4.78 is 17.9. The predicted octanol–water partition coefficient (Wildman–Crippen LogP) is 1.02. The summed E-state index contributed by atoms with van der Waals surface area (Å²) in [4.78, 5) is 23.5. The van der Waals surface area contributed by atoms with Crippen LogP contribution in [-0.2, 0) is 14.3 Å². The van der Waals surface area contributed by atoms with Crippen molar-refractivity contribution in [3.63, 3.8) is 0 Å². The molecule has 1 heterocycles. The van der Waals surface area contributed by atoms with Crippen LogP contribution in [-0.4, -0.2) is 25.0 Å². The number of rotatable bonds is 1. The van der Waals surface area contributed by atoms with Crippen LogP contribution in [0.25, 0.3) is 0 Å². The van der Waals surface area contributed by atoms with Gasteiger partial charge in [0, 0.05) is 0 Å². The lowest BCUT2D eigenvalue weighted by Gasteiger charge is -2.26. The summed E-state index contributed by atoms with van der Waals surface area (Å²) in [6, 6.07) is 4.54. The van der Waals surface area contributed by atoms with Crippen LogP contribution in [0.4, 0.5) is 10.1 Å². The number of carbonyl (C=O) groups excluding carboxylic acids is 2. The molecule has 2 rings (SSSR count). The maximum atomic E-state index is 13.5. The van der Waals surface area contributed by atoms with E-state index in [0.717, 1.165) is 5.56 Å². The lowest BCUT2D eigenvalue weighted by atomic mass is 10.2. The third-order valence-corrected chi connectivity index (χ3v) is 2.31. The van der Waals surface area contributed by atoms with Gasteiger partial charge in [0.1, 0.15) is 18.9 Å². The van der Waals surface area contributed by atoms with Gasteiger partial charge in [0.25, 0.3) is 0 Å². The summed E-state index contributed by atoms with van der Waals surface area (Å²) >= 11 is 0. The van der Waals surface area contributed by atoms with Gasteiger partial charge in [-0.15, -0.1) is 0 Å². The van der Waals surface area contributed by atoms with Crippen molar-refractivity contribution < 1.29 is 18.7 Å². The minimum Gasteiger partial charge on any atom is -0.390 e. The van der Waals surface area contributed by atoms with Gasteiger partial charge in [-0.1, -0.05) is 6.07 Å². The van der Waals surface area contributed by atoms with Gasteiger partial charge in [0.15, 0.2) is 0 Å². The van der Waals surface area contributed by atoms with Crippen LogP contribution >= 0.6 is 0 Å². The molecule has 16 heavy (non-hydrogen) atoms. The summed E-state index contributed by atoms with van der Waals surface area (Å²) in [5.74, 6) is -1.76. The molecule has 1 saturated heterocycles. The fourth-order valence-corrected chi connectivity index (χ4v) is 1.59. The largest absolute Gasteiger partial charge is 0.390 e. The molecule has 0 aliphatic carbocycles. The number of aryl methyl sites for hydroxylation is 1. The average Bonchev–Trinajstić information content (AvgIpc) is 2.20. The van der Waals surface area contributed by atoms with Gasteiger partial charge in [-0.2, -0.15) is 0 Å². The van der Waals surface area contributed by atoms with Crippen LogP contribution in [0.2, 0.25) is 0 Å².